The molecule has 0 amide bonds. The Labute approximate surface area is 131 Å². The molecule has 1 aromatic heterocycles. The average Bonchev–Trinajstić information content (AvgIpc) is 2.55. The van der Waals surface area contributed by atoms with Gasteiger partial charge in [0.2, 0.25) is 17.7 Å². The SMILES string of the molecule is CC1(Nc2nc(C#N)nc(N3CCNCC3)n2)CCCCC1. The van der Waals surface area contributed by atoms with Gasteiger partial charge in [0, 0.05) is 31.7 Å². The number of anilines is 2. The molecule has 0 bridgehead atoms. The van der Waals surface area contributed by atoms with Gasteiger partial charge >= 0.3 is 0 Å². The van der Waals surface area contributed by atoms with Crippen LogP contribution in [0.1, 0.15) is 44.9 Å². The Bertz CT molecular complexity index is 553. The number of rotatable bonds is 3. The van der Waals surface area contributed by atoms with Gasteiger partial charge in [-0.2, -0.15) is 20.2 Å². The van der Waals surface area contributed by atoms with Crippen molar-refractivity contribution in [3.8, 4) is 6.07 Å². The molecule has 1 aromatic rings. The Balaban J connectivity index is 1.82. The second-order valence-electron chi connectivity index (χ2n) is 6.38. The monoisotopic (exact) mass is 301 g/mol. The van der Waals surface area contributed by atoms with Crippen LogP contribution in [-0.2, 0) is 0 Å². The summed E-state index contributed by atoms with van der Waals surface area (Å²) >= 11 is 0. The number of nitriles is 1. The van der Waals surface area contributed by atoms with E-state index < -0.39 is 0 Å². The summed E-state index contributed by atoms with van der Waals surface area (Å²) in [5, 5.41) is 16.0. The van der Waals surface area contributed by atoms with Crippen LogP contribution >= 0.6 is 0 Å². The summed E-state index contributed by atoms with van der Waals surface area (Å²) in [7, 11) is 0. The number of hydrogen-bond acceptors (Lipinski definition) is 7. The standard InChI is InChI=1S/C15H23N7/c1-15(5-3-2-4-6-15)21-13-18-12(11-16)19-14(20-13)22-9-7-17-8-10-22/h17H,2-10H2,1H3,(H,18,19,20,21). The van der Waals surface area contributed by atoms with Crippen LogP contribution in [0.3, 0.4) is 0 Å². The Morgan fingerprint density at radius 1 is 1.14 bits per heavy atom. The largest absolute Gasteiger partial charge is 0.349 e. The van der Waals surface area contributed by atoms with Crippen LogP contribution in [0.4, 0.5) is 11.9 Å². The fourth-order valence-electron chi connectivity index (χ4n) is 3.20. The summed E-state index contributed by atoms with van der Waals surface area (Å²) in [5.74, 6) is 1.32. The number of aromatic nitrogens is 3. The van der Waals surface area contributed by atoms with Crippen molar-refractivity contribution in [2.75, 3.05) is 36.4 Å². The first-order valence-corrected chi connectivity index (χ1v) is 8.09. The molecule has 1 saturated heterocycles. The van der Waals surface area contributed by atoms with Gasteiger partial charge in [0.05, 0.1) is 0 Å². The maximum absolute atomic E-state index is 9.19. The van der Waals surface area contributed by atoms with Gasteiger partial charge in [-0.25, -0.2) is 0 Å². The Morgan fingerprint density at radius 3 is 2.55 bits per heavy atom. The Kier molecular flexibility index (Phi) is 4.39. The third-order valence-electron chi connectivity index (χ3n) is 4.49. The lowest BCUT2D eigenvalue weighted by Crippen LogP contribution is -2.44. The molecule has 7 nitrogen and oxygen atoms in total. The van der Waals surface area contributed by atoms with E-state index in [2.05, 4.69) is 43.5 Å². The minimum absolute atomic E-state index is 0.0209. The van der Waals surface area contributed by atoms with Crippen molar-refractivity contribution >= 4 is 11.9 Å². The first-order valence-electron chi connectivity index (χ1n) is 8.09. The van der Waals surface area contributed by atoms with E-state index >= 15 is 0 Å². The molecule has 0 unspecified atom stereocenters. The normalized spacial score (nSPS) is 21.2. The number of nitrogens with zero attached hydrogens (tertiary/aromatic N) is 5. The van der Waals surface area contributed by atoms with Gasteiger partial charge in [-0.3, -0.25) is 0 Å². The Hall–Kier alpha value is -1.94. The minimum atomic E-state index is 0.0209. The van der Waals surface area contributed by atoms with Crippen molar-refractivity contribution in [3.05, 3.63) is 5.82 Å². The topological polar surface area (TPSA) is 89.8 Å². The van der Waals surface area contributed by atoms with E-state index in [-0.39, 0.29) is 11.4 Å². The fraction of sp³-hybridized carbons (Fsp3) is 0.733. The lowest BCUT2D eigenvalue weighted by molar-refractivity contribution is 0.347. The van der Waals surface area contributed by atoms with E-state index in [0.717, 1.165) is 39.0 Å². The highest BCUT2D eigenvalue weighted by atomic mass is 15.3. The second-order valence-corrected chi connectivity index (χ2v) is 6.38. The summed E-state index contributed by atoms with van der Waals surface area (Å²) in [5.41, 5.74) is 0.0209. The van der Waals surface area contributed by atoms with Gasteiger partial charge in [-0.15, -0.1) is 0 Å². The summed E-state index contributed by atoms with van der Waals surface area (Å²) < 4.78 is 0. The van der Waals surface area contributed by atoms with E-state index in [1.165, 1.54) is 19.3 Å². The average molecular weight is 301 g/mol. The predicted octanol–water partition coefficient (Wildman–Crippen LogP) is 1.29. The molecule has 1 aliphatic heterocycles. The number of hydrogen-bond donors (Lipinski definition) is 2. The molecule has 118 valence electrons. The summed E-state index contributed by atoms with van der Waals surface area (Å²) in [4.78, 5) is 15.2. The quantitative estimate of drug-likeness (QED) is 0.869. The molecule has 2 N–H and O–H groups in total. The number of nitrogens with one attached hydrogen (secondary N) is 2. The van der Waals surface area contributed by atoms with Gasteiger partial charge in [0.15, 0.2) is 0 Å². The van der Waals surface area contributed by atoms with Crippen molar-refractivity contribution in [2.45, 2.75) is 44.6 Å². The van der Waals surface area contributed by atoms with Gasteiger partial charge in [0.1, 0.15) is 6.07 Å². The van der Waals surface area contributed by atoms with Gasteiger partial charge in [0.25, 0.3) is 0 Å². The molecule has 0 aromatic carbocycles. The van der Waals surface area contributed by atoms with E-state index in [1.54, 1.807) is 0 Å². The maximum Gasteiger partial charge on any atom is 0.238 e. The lowest BCUT2D eigenvalue weighted by Gasteiger charge is -2.35. The highest BCUT2D eigenvalue weighted by Gasteiger charge is 2.28. The zero-order valence-electron chi connectivity index (χ0n) is 13.1. The minimum Gasteiger partial charge on any atom is -0.349 e. The number of piperazine rings is 1. The van der Waals surface area contributed by atoms with Crippen molar-refractivity contribution in [1.29, 1.82) is 5.26 Å². The van der Waals surface area contributed by atoms with Crippen LogP contribution in [0.5, 0.6) is 0 Å². The molecular weight excluding hydrogens is 278 g/mol. The predicted molar refractivity (Wildman–Crippen MR) is 84.7 cm³/mol. The third kappa shape index (κ3) is 3.45. The summed E-state index contributed by atoms with van der Waals surface area (Å²) in [6, 6.07) is 2.05. The molecule has 0 spiro atoms. The third-order valence-corrected chi connectivity index (χ3v) is 4.49. The molecule has 22 heavy (non-hydrogen) atoms. The smallest absolute Gasteiger partial charge is 0.238 e. The summed E-state index contributed by atoms with van der Waals surface area (Å²) in [6.45, 7) is 5.74. The molecule has 1 aliphatic carbocycles. The van der Waals surface area contributed by atoms with Crippen molar-refractivity contribution in [2.24, 2.45) is 0 Å². The maximum atomic E-state index is 9.19. The molecule has 2 heterocycles. The van der Waals surface area contributed by atoms with Crippen LogP contribution in [0.15, 0.2) is 0 Å². The molecule has 7 heteroatoms. The van der Waals surface area contributed by atoms with Crippen LogP contribution in [0, 0.1) is 11.3 Å². The van der Waals surface area contributed by atoms with Crippen LogP contribution in [0.2, 0.25) is 0 Å². The molecule has 2 fully saturated rings. The van der Waals surface area contributed by atoms with Gasteiger partial charge in [-0.05, 0) is 19.8 Å². The molecule has 0 atom stereocenters. The zero-order valence-corrected chi connectivity index (χ0v) is 13.1. The fourth-order valence-corrected chi connectivity index (χ4v) is 3.20. The van der Waals surface area contributed by atoms with Crippen LogP contribution in [0.25, 0.3) is 0 Å². The first-order chi connectivity index (χ1) is 10.7. The van der Waals surface area contributed by atoms with E-state index in [4.69, 9.17) is 0 Å². The van der Waals surface area contributed by atoms with Crippen LogP contribution < -0.4 is 15.5 Å². The van der Waals surface area contributed by atoms with Gasteiger partial charge in [-0.1, -0.05) is 19.3 Å². The Morgan fingerprint density at radius 2 is 1.86 bits per heavy atom. The van der Waals surface area contributed by atoms with Crippen molar-refractivity contribution in [1.82, 2.24) is 20.3 Å². The second kappa shape index (κ2) is 6.44. The van der Waals surface area contributed by atoms with Gasteiger partial charge < -0.3 is 15.5 Å². The molecular formula is C15H23N7. The lowest BCUT2D eigenvalue weighted by atomic mass is 9.83. The van der Waals surface area contributed by atoms with Crippen LogP contribution in [-0.4, -0.2) is 46.7 Å². The molecule has 1 saturated carbocycles. The highest BCUT2D eigenvalue weighted by molar-refractivity contribution is 5.41. The van der Waals surface area contributed by atoms with E-state index in [9.17, 15) is 5.26 Å². The summed E-state index contributed by atoms with van der Waals surface area (Å²) in [6.07, 6.45) is 5.98. The zero-order chi connectivity index (χ0) is 15.4. The van der Waals surface area contributed by atoms with Crippen molar-refractivity contribution < 1.29 is 0 Å². The molecule has 3 rings (SSSR count). The van der Waals surface area contributed by atoms with E-state index in [1.807, 2.05) is 0 Å². The highest BCUT2D eigenvalue weighted by Crippen LogP contribution is 2.30. The van der Waals surface area contributed by atoms with Crippen molar-refractivity contribution in [3.63, 3.8) is 0 Å². The molecule has 0 radical (unpaired) electrons. The molecule has 2 aliphatic rings. The first kappa shape index (κ1) is 15.0. The van der Waals surface area contributed by atoms with E-state index in [0.29, 0.717) is 11.9 Å².